The van der Waals surface area contributed by atoms with Crippen LogP contribution in [-0.4, -0.2) is 47.8 Å². The quantitative estimate of drug-likeness (QED) is 0.0364. The molecule has 3 unspecified atom stereocenters. The molecule has 0 spiro atoms. The van der Waals surface area contributed by atoms with Gasteiger partial charge in [0.2, 0.25) is 5.91 Å². The Balaban J connectivity index is 4.56. The van der Waals surface area contributed by atoms with Crippen LogP contribution in [0.1, 0.15) is 104 Å². The van der Waals surface area contributed by atoms with Gasteiger partial charge in [0, 0.05) is 13.0 Å². The number of aliphatic hydroxyl groups is 1. The van der Waals surface area contributed by atoms with Gasteiger partial charge in [-0.15, -0.1) is 0 Å². The molecule has 3 atom stereocenters. The maximum Gasteiger partial charge on any atom is 0.472 e. The van der Waals surface area contributed by atoms with Crippen molar-refractivity contribution in [1.29, 1.82) is 0 Å². The first-order valence-corrected chi connectivity index (χ1v) is 18.2. The highest BCUT2D eigenvalue weighted by Gasteiger charge is 2.26. The van der Waals surface area contributed by atoms with Gasteiger partial charge in [0.15, 0.2) is 0 Å². The van der Waals surface area contributed by atoms with E-state index >= 15 is 0 Å². The summed E-state index contributed by atoms with van der Waals surface area (Å²) in [7, 11) is -4.35. The lowest BCUT2D eigenvalue weighted by atomic mass is 10.1. The first kappa shape index (κ1) is 42.7. The smallest absolute Gasteiger partial charge is 0.387 e. The van der Waals surface area contributed by atoms with E-state index in [1.165, 1.54) is 0 Å². The molecule has 0 aliphatic heterocycles. The number of hydrogen-bond acceptors (Lipinski definition) is 6. The fraction of sp³-hybridized carbons (Fsp3) is 0.583. The SMILES string of the molecule is CC/C=C\C/C=C\C/C=C\C/C=C\CCCCC(=O)NC(COP(=O)(O)OCCN)C(O)/C=C/CC/C=C/CC/C=C/CCC. The third-order valence-corrected chi connectivity index (χ3v) is 7.40. The summed E-state index contributed by atoms with van der Waals surface area (Å²) in [6.07, 6.45) is 40.7. The van der Waals surface area contributed by atoms with Crippen molar-refractivity contribution in [2.75, 3.05) is 19.8 Å². The molecule has 9 heteroatoms. The van der Waals surface area contributed by atoms with Crippen molar-refractivity contribution in [3.05, 3.63) is 85.1 Å². The molecule has 0 aromatic rings. The van der Waals surface area contributed by atoms with Gasteiger partial charge >= 0.3 is 7.82 Å². The second kappa shape index (κ2) is 31.7. The zero-order chi connectivity index (χ0) is 33.3. The standard InChI is InChI=1S/C36H61N2O6P/c1-3-5-7-9-11-13-15-16-17-18-20-22-24-26-28-30-36(40)38-34(33-44-45(41,42)43-32-31-37)35(39)29-27-25-23-21-19-14-12-10-8-6-4-2/h5,7-8,10-11,13,16-17,19-22,27,29,34-35,39H,3-4,6,9,12,14-15,18,23-26,28,30-33,37H2,1-2H3,(H,38,40)(H,41,42)/b7-5-,10-8+,13-11-,17-16-,21-19+,22-20-,29-27+. The molecule has 0 aromatic carbocycles. The Bertz CT molecular complexity index is 971. The molecule has 0 radical (unpaired) electrons. The Morgan fingerprint density at radius 1 is 0.756 bits per heavy atom. The molecule has 0 rings (SSSR count). The Hall–Kier alpha value is -2.32. The van der Waals surface area contributed by atoms with Crippen molar-refractivity contribution in [1.82, 2.24) is 5.32 Å². The summed E-state index contributed by atoms with van der Waals surface area (Å²) in [5, 5.41) is 13.5. The molecule has 0 saturated carbocycles. The van der Waals surface area contributed by atoms with E-state index in [-0.39, 0.29) is 32.1 Å². The molecule has 5 N–H and O–H groups in total. The van der Waals surface area contributed by atoms with Crippen molar-refractivity contribution in [2.45, 2.75) is 116 Å². The summed E-state index contributed by atoms with van der Waals surface area (Å²) in [5.74, 6) is -0.257. The van der Waals surface area contributed by atoms with E-state index in [0.29, 0.717) is 6.42 Å². The monoisotopic (exact) mass is 648 g/mol. The van der Waals surface area contributed by atoms with Crippen LogP contribution in [0.4, 0.5) is 0 Å². The van der Waals surface area contributed by atoms with Crippen molar-refractivity contribution < 1.29 is 28.4 Å². The summed E-state index contributed by atoms with van der Waals surface area (Å²) >= 11 is 0. The number of rotatable bonds is 29. The summed E-state index contributed by atoms with van der Waals surface area (Å²) in [6.45, 7) is 3.82. The maximum atomic E-state index is 12.6. The number of allylic oxidation sites excluding steroid dienone is 13. The number of aliphatic hydroxyl groups excluding tert-OH is 1. The number of hydrogen-bond donors (Lipinski definition) is 4. The number of phosphoric acid groups is 1. The molecule has 256 valence electrons. The average Bonchev–Trinajstić information content (AvgIpc) is 3.02. The minimum absolute atomic E-state index is 0.0599. The molecular weight excluding hydrogens is 587 g/mol. The van der Waals surface area contributed by atoms with Gasteiger partial charge in [-0.05, 0) is 77.0 Å². The predicted octanol–water partition coefficient (Wildman–Crippen LogP) is 8.32. The maximum absolute atomic E-state index is 12.6. The van der Waals surface area contributed by atoms with Gasteiger partial charge in [0.1, 0.15) is 0 Å². The summed E-state index contributed by atoms with van der Waals surface area (Å²) in [4.78, 5) is 22.5. The second-order valence-corrected chi connectivity index (χ2v) is 12.1. The van der Waals surface area contributed by atoms with Crippen LogP contribution in [0.3, 0.4) is 0 Å². The molecule has 0 heterocycles. The van der Waals surface area contributed by atoms with Crippen LogP contribution >= 0.6 is 7.82 Å². The number of amides is 1. The zero-order valence-electron chi connectivity index (χ0n) is 27.8. The first-order valence-electron chi connectivity index (χ1n) is 16.7. The highest BCUT2D eigenvalue weighted by atomic mass is 31.2. The highest BCUT2D eigenvalue weighted by Crippen LogP contribution is 2.43. The molecule has 0 fully saturated rings. The van der Waals surface area contributed by atoms with Crippen LogP contribution in [-0.2, 0) is 18.4 Å². The van der Waals surface area contributed by atoms with Gasteiger partial charge < -0.3 is 21.1 Å². The van der Waals surface area contributed by atoms with Crippen molar-refractivity contribution >= 4 is 13.7 Å². The van der Waals surface area contributed by atoms with E-state index in [4.69, 9.17) is 14.8 Å². The van der Waals surface area contributed by atoms with Gasteiger partial charge in [-0.2, -0.15) is 0 Å². The lowest BCUT2D eigenvalue weighted by Crippen LogP contribution is -2.45. The Morgan fingerprint density at radius 2 is 1.29 bits per heavy atom. The molecule has 1 amide bonds. The predicted molar refractivity (Wildman–Crippen MR) is 189 cm³/mol. The lowest BCUT2D eigenvalue weighted by molar-refractivity contribution is -0.123. The first-order chi connectivity index (χ1) is 21.9. The van der Waals surface area contributed by atoms with E-state index in [1.54, 1.807) is 6.08 Å². The van der Waals surface area contributed by atoms with E-state index in [2.05, 4.69) is 92.1 Å². The molecule has 45 heavy (non-hydrogen) atoms. The minimum atomic E-state index is -4.35. The van der Waals surface area contributed by atoms with Crippen LogP contribution in [0, 0.1) is 0 Å². The van der Waals surface area contributed by atoms with E-state index in [1.807, 2.05) is 6.08 Å². The number of nitrogens with one attached hydrogen (secondary N) is 1. The van der Waals surface area contributed by atoms with E-state index in [0.717, 1.165) is 77.0 Å². The Kier molecular flexibility index (Phi) is 30.0. The number of carbonyl (C=O) groups excluding carboxylic acids is 1. The van der Waals surface area contributed by atoms with Gasteiger partial charge in [0.25, 0.3) is 0 Å². The topological polar surface area (TPSA) is 131 Å². The number of unbranched alkanes of at least 4 members (excludes halogenated alkanes) is 5. The largest absolute Gasteiger partial charge is 0.472 e. The van der Waals surface area contributed by atoms with Crippen molar-refractivity contribution in [2.24, 2.45) is 5.73 Å². The number of carbonyl (C=O) groups is 1. The Morgan fingerprint density at radius 3 is 1.87 bits per heavy atom. The summed E-state index contributed by atoms with van der Waals surface area (Å²) < 4.78 is 21.9. The highest BCUT2D eigenvalue weighted by molar-refractivity contribution is 7.47. The average molecular weight is 649 g/mol. The molecule has 8 nitrogen and oxygen atoms in total. The fourth-order valence-electron chi connectivity index (χ4n) is 3.92. The molecule has 0 aliphatic carbocycles. The van der Waals surface area contributed by atoms with E-state index < -0.39 is 20.0 Å². The summed E-state index contributed by atoms with van der Waals surface area (Å²) in [6, 6.07) is -0.907. The van der Waals surface area contributed by atoms with Crippen molar-refractivity contribution in [3.63, 3.8) is 0 Å². The summed E-state index contributed by atoms with van der Waals surface area (Å²) in [5.41, 5.74) is 5.33. The molecular formula is C36H61N2O6P. The van der Waals surface area contributed by atoms with E-state index in [9.17, 15) is 19.4 Å². The fourth-order valence-corrected chi connectivity index (χ4v) is 4.68. The normalized spacial score (nSPS) is 15.6. The molecule has 0 aromatic heterocycles. The van der Waals surface area contributed by atoms with Crippen LogP contribution in [0.25, 0.3) is 0 Å². The second-order valence-electron chi connectivity index (χ2n) is 10.6. The van der Waals surface area contributed by atoms with Crippen LogP contribution in [0.2, 0.25) is 0 Å². The molecule has 0 aliphatic rings. The van der Waals surface area contributed by atoms with Crippen LogP contribution in [0.15, 0.2) is 85.1 Å². The lowest BCUT2D eigenvalue weighted by Gasteiger charge is -2.23. The number of nitrogens with two attached hydrogens (primary N) is 1. The zero-order valence-corrected chi connectivity index (χ0v) is 28.7. The van der Waals surface area contributed by atoms with Gasteiger partial charge in [-0.1, -0.05) is 105 Å². The number of phosphoric ester groups is 1. The Labute approximate surface area is 273 Å². The third kappa shape index (κ3) is 30.1. The van der Waals surface area contributed by atoms with Crippen LogP contribution in [0.5, 0.6) is 0 Å². The molecule has 0 saturated heterocycles. The van der Waals surface area contributed by atoms with Gasteiger partial charge in [-0.3, -0.25) is 13.8 Å². The van der Waals surface area contributed by atoms with Crippen LogP contribution < -0.4 is 11.1 Å². The third-order valence-electron chi connectivity index (χ3n) is 6.41. The molecule has 0 bridgehead atoms. The van der Waals surface area contributed by atoms with Gasteiger partial charge in [0.05, 0.1) is 25.4 Å². The minimum Gasteiger partial charge on any atom is -0.387 e. The van der Waals surface area contributed by atoms with Crippen molar-refractivity contribution in [3.8, 4) is 0 Å². The van der Waals surface area contributed by atoms with Gasteiger partial charge in [-0.25, -0.2) is 4.57 Å².